The Balaban J connectivity index is 1.30. The lowest BCUT2D eigenvalue weighted by Crippen LogP contribution is -2.49. The summed E-state index contributed by atoms with van der Waals surface area (Å²) in [5.74, 6) is 2.23. The number of piperazine rings is 1. The minimum atomic E-state index is 0.138. The number of carbonyl (C=O) groups is 1. The number of benzene rings is 2. The summed E-state index contributed by atoms with van der Waals surface area (Å²) in [4.78, 5) is 26.4. The van der Waals surface area contributed by atoms with Gasteiger partial charge in [0, 0.05) is 43.8 Å². The van der Waals surface area contributed by atoms with E-state index in [-0.39, 0.29) is 5.91 Å². The molecule has 1 aliphatic heterocycles. The molecule has 2 aromatic carbocycles. The Morgan fingerprint density at radius 2 is 1.76 bits per heavy atom. The quantitative estimate of drug-likeness (QED) is 0.379. The van der Waals surface area contributed by atoms with Crippen molar-refractivity contribution in [3.05, 3.63) is 79.0 Å². The van der Waals surface area contributed by atoms with Crippen LogP contribution in [0.5, 0.6) is 5.75 Å². The average Bonchev–Trinajstić information content (AvgIpc) is 2.92. The number of hydrogen-bond donors (Lipinski definition) is 0. The first-order valence-electron chi connectivity index (χ1n) is 11.3. The molecule has 5 rings (SSSR count). The topological polar surface area (TPSA) is 58.6 Å². The van der Waals surface area contributed by atoms with Gasteiger partial charge in [-0.25, -0.2) is 9.97 Å². The maximum absolute atomic E-state index is 13.0. The fraction of sp³-hybridized carbons (Fsp3) is 0.222. The van der Waals surface area contributed by atoms with E-state index in [1.54, 1.807) is 13.3 Å². The molecule has 0 atom stereocenters. The van der Waals surface area contributed by atoms with Crippen molar-refractivity contribution in [1.29, 1.82) is 0 Å². The molecule has 1 aliphatic rings. The number of carbonyl (C=O) groups excluding carboxylic acids is 1. The zero-order chi connectivity index (χ0) is 23.3. The van der Waals surface area contributed by atoms with E-state index in [1.165, 1.54) is 11.8 Å². The molecule has 0 radical (unpaired) electrons. The number of fused-ring (bicyclic) bond motifs is 1. The normalized spacial score (nSPS) is 13.8. The lowest BCUT2D eigenvalue weighted by Gasteiger charge is -2.35. The first-order chi connectivity index (χ1) is 16.7. The molecule has 1 amide bonds. The molecule has 1 fully saturated rings. The molecule has 0 N–H and O–H groups in total. The van der Waals surface area contributed by atoms with Crippen LogP contribution in [0.1, 0.15) is 0 Å². The van der Waals surface area contributed by atoms with Crippen LogP contribution in [0.2, 0.25) is 0 Å². The number of thioether (sulfide) groups is 1. The molecule has 1 saturated heterocycles. The van der Waals surface area contributed by atoms with Gasteiger partial charge in [-0.3, -0.25) is 4.79 Å². The van der Waals surface area contributed by atoms with E-state index in [0.29, 0.717) is 18.8 Å². The minimum absolute atomic E-state index is 0.138. The first-order valence-corrected chi connectivity index (χ1v) is 12.3. The summed E-state index contributed by atoms with van der Waals surface area (Å²) in [6, 6.07) is 24.2. The van der Waals surface area contributed by atoms with Crippen LogP contribution >= 0.6 is 11.8 Å². The fourth-order valence-electron chi connectivity index (χ4n) is 4.19. The number of rotatable bonds is 6. The number of hydrogen-bond acceptors (Lipinski definition) is 6. The van der Waals surface area contributed by atoms with Crippen molar-refractivity contribution in [3.63, 3.8) is 0 Å². The van der Waals surface area contributed by atoms with Gasteiger partial charge in [0.05, 0.1) is 23.4 Å². The molecule has 0 unspecified atom stereocenters. The Kier molecular flexibility index (Phi) is 6.62. The predicted molar refractivity (Wildman–Crippen MR) is 137 cm³/mol. The van der Waals surface area contributed by atoms with E-state index in [2.05, 4.69) is 28.1 Å². The van der Waals surface area contributed by atoms with Gasteiger partial charge >= 0.3 is 0 Å². The Bertz CT molecular complexity index is 1280. The van der Waals surface area contributed by atoms with Crippen LogP contribution in [0.3, 0.4) is 0 Å². The molecule has 0 spiro atoms. The van der Waals surface area contributed by atoms with Crippen LogP contribution < -0.4 is 9.64 Å². The summed E-state index contributed by atoms with van der Waals surface area (Å²) in [5, 5.41) is 1.90. The molecule has 0 bridgehead atoms. The van der Waals surface area contributed by atoms with Gasteiger partial charge in [0.1, 0.15) is 11.6 Å². The highest BCUT2D eigenvalue weighted by atomic mass is 32.2. The molecule has 3 heterocycles. The van der Waals surface area contributed by atoms with E-state index in [4.69, 9.17) is 9.72 Å². The summed E-state index contributed by atoms with van der Waals surface area (Å²) in [7, 11) is 1.66. The van der Waals surface area contributed by atoms with Crippen molar-refractivity contribution >= 4 is 34.4 Å². The van der Waals surface area contributed by atoms with Crippen molar-refractivity contribution in [2.24, 2.45) is 0 Å². The second kappa shape index (κ2) is 10.1. The van der Waals surface area contributed by atoms with Crippen molar-refractivity contribution in [3.8, 4) is 16.9 Å². The van der Waals surface area contributed by atoms with Gasteiger partial charge in [0.2, 0.25) is 5.91 Å². The molecule has 6 nitrogen and oxygen atoms in total. The summed E-state index contributed by atoms with van der Waals surface area (Å²) in [6.45, 7) is 2.99. The van der Waals surface area contributed by atoms with Gasteiger partial charge in [0.25, 0.3) is 0 Å². The Morgan fingerprint density at radius 3 is 2.50 bits per heavy atom. The molecule has 4 aromatic rings. The maximum atomic E-state index is 13.0. The summed E-state index contributed by atoms with van der Waals surface area (Å²) in [6.07, 6.45) is 1.80. The predicted octanol–water partition coefficient (Wildman–Crippen LogP) is 4.75. The van der Waals surface area contributed by atoms with E-state index in [0.717, 1.165) is 51.7 Å². The lowest BCUT2D eigenvalue weighted by molar-refractivity contribution is -0.128. The monoisotopic (exact) mass is 470 g/mol. The number of methoxy groups -OCH3 is 1. The Hall–Kier alpha value is -3.58. The zero-order valence-corrected chi connectivity index (χ0v) is 19.9. The van der Waals surface area contributed by atoms with Gasteiger partial charge in [-0.05, 0) is 41.5 Å². The number of nitrogens with zero attached hydrogens (tertiary/aromatic N) is 4. The highest BCUT2D eigenvalue weighted by Gasteiger charge is 2.22. The van der Waals surface area contributed by atoms with Gasteiger partial charge in [-0.2, -0.15) is 0 Å². The van der Waals surface area contributed by atoms with E-state index < -0.39 is 0 Å². The minimum Gasteiger partial charge on any atom is -0.497 e. The van der Waals surface area contributed by atoms with Gasteiger partial charge in [0.15, 0.2) is 0 Å². The van der Waals surface area contributed by atoms with Gasteiger partial charge in [-0.1, -0.05) is 48.2 Å². The van der Waals surface area contributed by atoms with Crippen molar-refractivity contribution in [2.75, 3.05) is 43.9 Å². The first kappa shape index (κ1) is 22.2. The fourth-order valence-corrected chi connectivity index (χ4v) is 5.01. The lowest BCUT2D eigenvalue weighted by atomic mass is 10.0. The van der Waals surface area contributed by atoms with Gasteiger partial charge in [-0.15, -0.1) is 0 Å². The molecule has 34 heavy (non-hydrogen) atoms. The summed E-state index contributed by atoms with van der Waals surface area (Å²) in [5.41, 5.74) is 3.09. The molecule has 2 aromatic heterocycles. The van der Waals surface area contributed by atoms with Crippen LogP contribution in [0.4, 0.5) is 5.82 Å². The third-order valence-electron chi connectivity index (χ3n) is 6.03. The number of anilines is 1. The second-order valence-corrected chi connectivity index (χ2v) is 9.10. The molecule has 7 heteroatoms. The molecule has 172 valence electrons. The van der Waals surface area contributed by atoms with Crippen LogP contribution in [0.15, 0.2) is 84.0 Å². The Labute approximate surface area is 203 Å². The standard InChI is InChI=1S/C27H26N4O2S/c1-33-21-10-11-22-23(20-7-3-2-4-8-20)18-26(29-24(22)17-21)34-19-27(32)31-15-13-30(14-16-31)25-9-5-6-12-28-25/h2-12,17-18H,13-16,19H2,1H3. The summed E-state index contributed by atoms with van der Waals surface area (Å²) < 4.78 is 5.41. The van der Waals surface area contributed by atoms with E-state index >= 15 is 0 Å². The van der Waals surface area contributed by atoms with Crippen molar-refractivity contribution in [2.45, 2.75) is 5.03 Å². The summed E-state index contributed by atoms with van der Waals surface area (Å²) >= 11 is 1.49. The third-order valence-corrected chi connectivity index (χ3v) is 6.92. The van der Waals surface area contributed by atoms with Crippen molar-refractivity contribution < 1.29 is 9.53 Å². The zero-order valence-electron chi connectivity index (χ0n) is 19.1. The molecule has 0 aliphatic carbocycles. The SMILES string of the molecule is COc1ccc2c(-c3ccccc3)cc(SCC(=O)N3CCN(c4ccccn4)CC3)nc2c1. The van der Waals surface area contributed by atoms with Crippen LogP contribution in [-0.4, -0.2) is 59.8 Å². The highest BCUT2D eigenvalue weighted by Crippen LogP contribution is 2.33. The number of pyridine rings is 2. The number of ether oxygens (including phenoxy) is 1. The second-order valence-electron chi connectivity index (χ2n) is 8.10. The Morgan fingerprint density at radius 1 is 0.971 bits per heavy atom. The number of aromatic nitrogens is 2. The number of amides is 1. The largest absolute Gasteiger partial charge is 0.497 e. The van der Waals surface area contributed by atoms with E-state index in [1.807, 2.05) is 59.5 Å². The molecule has 0 saturated carbocycles. The maximum Gasteiger partial charge on any atom is 0.233 e. The van der Waals surface area contributed by atoms with E-state index in [9.17, 15) is 4.79 Å². The van der Waals surface area contributed by atoms with Crippen LogP contribution in [0.25, 0.3) is 22.0 Å². The molecular weight excluding hydrogens is 444 g/mol. The highest BCUT2D eigenvalue weighted by molar-refractivity contribution is 7.99. The van der Waals surface area contributed by atoms with Crippen LogP contribution in [-0.2, 0) is 4.79 Å². The van der Waals surface area contributed by atoms with Gasteiger partial charge < -0.3 is 14.5 Å². The third kappa shape index (κ3) is 4.84. The average molecular weight is 471 g/mol. The van der Waals surface area contributed by atoms with Crippen molar-refractivity contribution in [1.82, 2.24) is 14.9 Å². The smallest absolute Gasteiger partial charge is 0.233 e. The van der Waals surface area contributed by atoms with Crippen LogP contribution in [0, 0.1) is 0 Å². The molecular formula is C27H26N4O2S.